The minimum absolute atomic E-state index is 0.174. The van der Waals surface area contributed by atoms with Crippen LogP contribution >= 0.6 is 0 Å². The lowest BCUT2D eigenvalue weighted by atomic mass is 10.1. The maximum Gasteiger partial charge on any atom is 0.346 e. The highest BCUT2D eigenvalue weighted by Crippen LogP contribution is 2.47. The normalized spacial score (nSPS) is 17.9. The third-order valence-electron chi connectivity index (χ3n) is 5.38. The Morgan fingerprint density at radius 2 is 1.73 bits per heavy atom. The molecule has 0 radical (unpaired) electrons. The highest BCUT2D eigenvalue weighted by molar-refractivity contribution is 7.87. The van der Waals surface area contributed by atoms with Gasteiger partial charge in [-0.2, -0.15) is 16.8 Å². The van der Waals surface area contributed by atoms with E-state index in [0.717, 1.165) is 11.8 Å². The quantitative estimate of drug-likeness (QED) is 0.339. The molecule has 33 heavy (non-hydrogen) atoms. The van der Waals surface area contributed by atoms with Crippen molar-refractivity contribution in [1.29, 1.82) is 0 Å². The molecule has 2 aromatic carbocycles. The van der Waals surface area contributed by atoms with Gasteiger partial charge in [-0.25, -0.2) is 4.79 Å². The van der Waals surface area contributed by atoms with E-state index in [0.29, 0.717) is 18.5 Å². The van der Waals surface area contributed by atoms with Gasteiger partial charge < -0.3 is 19.4 Å². The zero-order chi connectivity index (χ0) is 24.2. The van der Waals surface area contributed by atoms with E-state index in [9.17, 15) is 30.7 Å². The van der Waals surface area contributed by atoms with Crippen LogP contribution in [-0.2, 0) is 25.3 Å². The molecule has 4 rings (SSSR count). The van der Waals surface area contributed by atoms with Crippen molar-refractivity contribution in [3.8, 4) is 5.75 Å². The Morgan fingerprint density at radius 3 is 2.33 bits per heavy atom. The van der Waals surface area contributed by atoms with Crippen molar-refractivity contribution >= 4 is 42.6 Å². The molecular formula is C20H20N2O9S2. The molecule has 0 aliphatic carbocycles. The summed E-state index contributed by atoms with van der Waals surface area (Å²) in [7, 11) is -10.0. The highest BCUT2D eigenvalue weighted by Gasteiger charge is 2.55. The Kier molecular flexibility index (Phi) is 5.40. The van der Waals surface area contributed by atoms with Crippen LogP contribution in [0.25, 0.3) is 11.0 Å². The maximum absolute atomic E-state index is 12.9. The van der Waals surface area contributed by atoms with Crippen LogP contribution in [0, 0.1) is 0 Å². The summed E-state index contributed by atoms with van der Waals surface area (Å²) in [6.45, 7) is 5.35. The largest absolute Gasteiger partial charge is 0.446 e. The van der Waals surface area contributed by atoms with Crippen LogP contribution < -0.4 is 20.6 Å². The van der Waals surface area contributed by atoms with Gasteiger partial charge in [-0.05, 0) is 44.2 Å². The number of hydrogen-bond donors (Lipinski definition) is 3. The molecule has 0 bridgehead atoms. The number of hydrogen-bond acceptors (Lipinski definition) is 9. The monoisotopic (exact) mass is 496 g/mol. The summed E-state index contributed by atoms with van der Waals surface area (Å²) in [5, 5.41) is -0.302. The predicted molar refractivity (Wildman–Crippen MR) is 120 cm³/mol. The average molecular weight is 497 g/mol. The Bertz CT molecular complexity index is 1530. The van der Waals surface area contributed by atoms with Crippen molar-refractivity contribution in [2.24, 2.45) is 0 Å². The lowest BCUT2D eigenvalue weighted by molar-refractivity contribution is 0.186. The summed E-state index contributed by atoms with van der Waals surface area (Å²) in [5.74, 6) is -0.320. The van der Waals surface area contributed by atoms with Gasteiger partial charge in [-0.15, -0.1) is 0 Å². The van der Waals surface area contributed by atoms with Crippen LogP contribution in [0.1, 0.15) is 19.4 Å². The van der Waals surface area contributed by atoms with Crippen LogP contribution in [0.5, 0.6) is 5.75 Å². The second kappa shape index (κ2) is 7.73. The fraction of sp³-hybridized carbons (Fsp3) is 0.250. The van der Waals surface area contributed by atoms with Gasteiger partial charge in [0.1, 0.15) is 27.5 Å². The van der Waals surface area contributed by atoms with Crippen LogP contribution in [0.2, 0.25) is 0 Å². The van der Waals surface area contributed by atoms with Crippen molar-refractivity contribution in [1.82, 2.24) is 0 Å². The highest BCUT2D eigenvalue weighted by atomic mass is 32.2. The maximum atomic E-state index is 12.9. The number of benzene rings is 2. The molecule has 1 unspecified atom stereocenters. The van der Waals surface area contributed by atoms with E-state index >= 15 is 0 Å². The van der Waals surface area contributed by atoms with Gasteiger partial charge >= 0.3 is 20.8 Å². The third-order valence-corrected chi connectivity index (χ3v) is 7.40. The van der Waals surface area contributed by atoms with Crippen LogP contribution in [0.4, 0.5) is 11.4 Å². The average Bonchev–Trinajstić information content (AvgIpc) is 3.14. The smallest absolute Gasteiger partial charge is 0.346 e. The van der Waals surface area contributed by atoms with Gasteiger partial charge in [-0.1, -0.05) is 6.07 Å². The van der Waals surface area contributed by atoms with E-state index in [-0.39, 0.29) is 11.3 Å². The number of para-hydroxylation sites is 1. The second-order valence-electron chi connectivity index (χ2n) is 7.27. The molecule has 3 N–H and O–H groups in total. The topological polar surface area (TPSA) is 163 Å². The zero-order valence-corrected chi connectivity index (χ0v) is 19.1. The van der Waals surface area contributed by atoms with Gasteiger partial charge in [0.2, 0.25) is 0 Å². The van der Waals surface area contributed by atoms with Gasteiger partial charge in [-0.3, -0.25) is 9.11 Å². The van der Waals surface area contributed by atoms with Gasteiger partial charge in [0.15, 0.2) is 0 Å². The van der Waals surface area contributed by atoms with E-state index in [2.05, 4.69) is 5.32 Å². The van der Waals surface area contributed by atoms with E-state index in [1.165, 1.54) is 18.2 Å². The van der Waals surface area contributed by atoms with E-state index in [1.54, 1.807) is 18.2 Å². The lowest BCUT2D eigenvalue weighted by Crippen LogP contribution is -2.48. The number of nitrogens with zero attached hydrogens (tertiary/aromatic N) is 1. The van der Waals surface area contributed by atoms with Crippen LogP contribution in [0.15, 0.2) is 56.6 Å². The molecule has 1 aromatic heterocycles. The van der Waals surface area contributed by atoms with Gasteiger partial charge in [0.25, 0.3) is 10.1 Å². The molecule has 2 heterocycles. The Labute approximate surface area is 189 Å². The van der Waals surface area contributed by atoms with Crippen molar-refractivity contribution < 1.29 is 35.1 Å². The first kappa shape index (κ1) is 23.0. The fourth-order valence-electron chi connectivity index (χ4n) is 3.77. The summed E-state index contributed by atoms with van der Waals surface area (Å²) in [6, 6.07) is 9.58. The Morgan fingerprint density at radius 1 is 1.03 bits per heavy atom. The zero-order valence-electron chi connectivity index (χ0n) is 17.5. The molecule has 0 saturated carbocycles. The molecule has 0 amide bonds. The molecule has 1 atom stereocenters. The molecule has 1 aliphatic rings. The lowest BCUT2D eigenvalue weighted by Gasteiger charge is -2.25. The van der Waals surface area contributed by atoms with E-state index in [4.69, 9.17) is 9.15 Å². The molecule has 0 spiro atoms. The number of nitrogens with one attached hydrogen (secondary N) is 1. The predicted octanol–water partition coefficient (Wildman–Crippen LogP) is 2.39. The van der Waals surface area contributed by atoms with Crippen molar-refractivity contribution in [2.75, 3.05) is 23.3 Å². The number of fused-ring (bicyclic) bond motifs is 2. The third kappa shape index (κ3) is 3.72. The van der Waals surface area contributed by atoms with Gasteiger partial charge in [0, 0.05) is 30.2 Å². The van der Waals surface area contributed by atoms with Crippen LogP contribution in [-0.4, -0.2) is 39.0 Å². The summed E-state index contributed by atoms with van der Waals surface area (Å²) < 4.78 is 78.7. The molecule has 0 saturated heterocycles. The molecule has 11 nitrogen and oxygen atoms in total. The summed E-state index contributed by atoms with van der Waals surface area (Å²) in [4.78, 5) is 14.2. The molecule has 13 heteroatoms. The molecular weight excluding hydrogens is 476 g/mol. The van der Waals surface area contributed by atoms with Crippen molar-refractivity contribution in [3.05, 3.63) is 58.4 Å². The van der Waals surface area contributed by atoms with Crippen molar-refractivity contribution in [3.63, 3.8) is 0 Å². The summed E-state index contributed by atoms with van der Waals surface area (Å²) in [6.07, 6.45) is 0. The fourth-order valence-corrected chi connectivity index (χ4v) is 5.28. The SMILES string of the molecule is CCN(CC)c1ccc2cc(C3(S(=O)(=O)O)Nc4c(cccc4S(=O)(=O)O)O3)c(=O)oc2c1. The Hall–Kier alpha value is -3.13. The van der Waals surface area contributed by atoms with E-state index < -0.39 is 47.1 Å². The number of anilines is 2. The summed E-state index contributed by atoms with van der Waals surface area (Å²) in [5.41, 5.74) is -1.24. The molecule has 1 aliphatic heterocycles. The first-order valence-electron chi connectivity index (χ1n) is 9.79. The Balaban J connectivity index is 1.93. The van der Waals surface area contributed by atoms with Crippen molar-refractivity contribution in [2.45, 2.75) is 23.8 Å². The molecule has 3 aromatic rings. The first-order chi connectivity index (χ1) is 15.4. The first-order valence-corrected chi connectivity index (χ1v) is 12.7. The number of rotatable bonds is 6. The molecule has 176 valence electrons. The molecule has 0 fully saturated rings. The second-order valence-corrected chi connectivity index (χ2v) is 10.2. The standard InChI is InChI=1S/C20H20N2O9S2/c1-3-22(4-2)13-9-8-12-10-14(19(23)30-16(12)11-13)20(33(27,28)29)21-18-15(31-20)6-5-7-17(18)32(24,25)26/h5-11,21H,3-4H2,1-2H3,(H,24,25,26)(H,27,28,29). The number of ether oxygens (including phenoxy) is 1. The minimum atomic E-state index is -5.25. The summed E-state index contributed by atoms with van der Waals surface area (Å²) >= 11 is 0. The van der Waals surface area contributed by atoms with Gasteiger partial charge in [0.05, 0.1) is 0 Å². The van der Waals surface area contributed by atoms with E-state index in [1.807, 2.05) is 18.7 Å². The minimum Gasteiger partial charge on any atom is -0.446 e. The van der Waals surface area contributed by atoms with Crippen LogP contribution in [0.3, 0.4) is 0 Å².